The summed E-state index contributed by atoms with van der Waals surface area (Å²) < 4.78 is 98.2. The Morgan fingerprint density at radius 3 is 2.00 bits per heavy atom. The number of hydrogen-bond acceptors (Lipinski definition) is 9. The summed E-state index contributed by atoms with van der Waals surface area (Å²) in [5, 5.41) is 1.97. The van der Waals surface area contributed by atoms with Gasteiger partial charge in [0.15, 0.2) is 15.6 Å². The molecule has 16 heteroatoms. The molecule has 0 bridgehead atoms. The molecule has 0 atom stereocenters. The van der Waals surface area contributed by atoms with Crippen LogP contribution in [0.2, 0.25) is 0 Å². The van der Waals surface area contributed by atoms with E-state index in [4.69, 9.17) is 9.47 Å². The molecule has 0 saturated heterocycles. The van der Waals surface area contributed by atoms with E-state index in [0.717, 1.165) is 18.2 Å². The number of ether oxygens (including phenoxy) is 2. The van der Waals surface area contributed by atoms with Gasteiger partial charge in [-0.05, 0) is 12.1 Å². The number of hydrogen-bond donors (Lipinski definition) is 2. The van der Waals surface area contributed by atoms with E-state index in [2.05, 4.69) is 9.97 Å². The molecule has 31 heavy (non-hydrogen) atoms. The van der Waals surface area contributed by atoms with E-state index in [1.54, 1.807) is 0 Å². The number of carbonyl (C=O) groups is 1. The van der Waals surface area contributed by atoms with Crippen molar-refractivity contribution in [3.63, 3.8) is 0 Å². The topological polar surface area (TPSA) is 154 Å². The number of aromatic nitrogens is 2. The molecule has 0 fully saturated rings. The smallest absolute Gasteiger partial charge is 0.403 e. The lowest BCUT2D eigenvalue weighted by Gasteiger charge is -2.13. The molecule has 0 spiro atoms. The summed E-state index contributed by atoms with van der Waals surface area (Å²) in [5.41, 5.74) is 0. The second kappa shape index (κ2) is 8.93. The van der Waals surface area contributed by atoms with E-state index in [9.17, 15) is 34.8 Å². The van der Waals surface area contributed by atoms with Gasteiger partial charge in [-0.2, -0.15) is 23.1 Å². The minimum Gasteiger partial charge on any atom is -0.481 e. The molecule has 1 aromatic heterocycles. The lowest BCUT2D eigenvalue weighted by molar-refractivity contribution is -0.106. The number of sulfone groups is 1. The SMILES string of the molecule is COc1cc(OC)nc(NC(=O)NS(=O)(=O)c2ccccc2S(=O)(=O)CC(F)(F)F)n1. The number of rotatable bonds is 7. The van der Waals surface area contributed by atoms with Gasteiger partial charge in [0.2, 0.25) is 17.7 Å². The summed E-state index contributed by atoms with van der Waals surface area (Å²) in [4.78, 5) is 17.4. The maximum absolute atomic E-state index is 12.6. The molecule has 170 valence electrons. The zero-order chi connectivity index (χ0) is 23.4. The summed E-state index contributed by atoms with van der Waals surface area (Å²) in [5.74, 6) is -2.78. The Hall–Kier alpha value is -3.14. The number of alkyl halides is 3. The standard InChI is InChI=1S/C15H15F3N4O7S2/c1-28-11-7-12(29-2)20-13(19-11)21-14(23)22-31(26,27)10-6-4-3-5-9(10)30(24,25)8-15(16,17)18/h3-7H,8H2,1-2H3,(H2,19,20,21,22,23). The highest BCUT2D eigenvalue weighted by Gasteiger charge is 2.38. The minimum atomic E-state index is -5.11. The molecule has 2 amide bonds. The Morgan fingerprint density at radius 1 is 1.00 bits per heavy atom. The van der Waals surface area contributed by atoms with Gasteiger partial charge in [-0.1, -0.05) is 12.1 Å². The number of nitrogens with one attached hydrogen (secondary N) is 2. The van der Waals surface area contributed by atoms with Gasteiger partial charge in [0.05, 0.1) is 25.2 Å². The van der Waals surface area contributed by atoms with Crippen LogP contribution in [0.3, 0.4) is 0 Å². The van der Waals surface area contributed by atoms with E-state index in [-0.39, 0.29) is 11.8 Å². The summed E-state index contributed by atoms with van der Waals surface area (Å²) in [6.07, 6.45) is -5.11. The van der Waals surface area contributed by atoms with Crippen molar-refractivity contribution in [2.45, 2.75) is 16.0 Å². The summed E-state index contributed by atoms with van der Waals surface area (Å²) >= 11 is 0. The lowest BCUT2D eigenvalue weighted by Crippen LogP contribution is -2.36. The number of halogens is 3. The van der Waals surface area contributed by atoms with E-state index in [0.29, 0.717) is 6.07 Å². The normalized spacial score (nSPS) is 12.2. The average Bonchev–Trinajstić information content (AvgIpc) is 2.65. The van der Waals surface area contributed by atoms with Crippen LogP contribution in [-0.2, 0) is 19.9 Å². The van der Waals surface area contributed by atoms with Crippen LogP contribution in [0, 0.1) is 0 Å². The molecular formula is C15H15F3N4O7S2. The van der Waals surface area contributed by atoms with Crippen molar-refractivity contribution in [2.24, 2.45) is 0 Å². The highest BCUT2D eigenvalue weighted by molar-refractivity contribution is 7.94. The Balaban J connectivity index is 2.33. The number of carbonyl (C=O) groups excluding carboxylic acids is 1. The number of nitrogens with zero attached hydrogens (tertiary/aromatic N) is 2. The molecule has 11 nitrogen and oxygen atoms in total. The second-order valence-corrected chi connectivity index (χ2v) is 9.27. The molecule has 1 heterocycles. The third-order valence-electron chi connectivity index (χ3n) is 3.38. The highest BCUT2D eigenvalue weighted by atomic mass is 32.2. The average molecular weight is 484 g/mol. The van der Waals surface area contributed by atoms with Crippen LogP contribution in [0.15, 0.2) is 40.1 Å². The van der Waals surface area contributed by atoms with Crippen molar-refractivity contribution in [1.82, 2.24) is 14.7 Å². The monoisotopic (exact) mass is 484 g/mol. The Kier molecular flexibility index (Phi) is 6.95. The van der Waals surface area contributed by atoms with Crippen molar-refractivity contribution in [3.8, 4) is 11.8 Å². The quantitative estimate of drug-likeness (QED) is 0.592. The van der Waals surface area contributed by atoms with Gasteiger partial charge >= 0.3 is 12.2 Å². The predicted molar refractivity (Wildman–Crippen MR) is 99.0 cm³/mol. The van der Waals surface area contributed by atoms with Crippen LogP contribution in [0.1, 0.15) is 0 Å². The fraction of sp³-hybridized carbons (Fsp3) is 0.267. The fourth-order valence-electron chi connectivity index (χ4n) is 2.20. The van der Waals surface area contributed by atoms with Crippen LogP contribution < -0.4 is 19.5 Å². The minimum absolute atomic E-state index is 0.0337. The lowest BCUT2D eigenvalue weighted by atomic mass is 10.4. The van der Waals surface area contributed by atoms with Crippen LogP contribution in [-0.4, -0.2) is 59.0 Å². The number of sulfonamides is 1. The fourth-order valence-corrected chi connectivity index (χ4v) is 5.15. The van der Waals surface area contributed by atoms with Crippen molar-refractivity contribution < 1.29 is 44.3 Å². The molecule has 2 N–H and O–H groups in total. The van der Waals surface area contributed by atoms with Gasteiger partial charge in [0.25, 0.3) is 10.0 Å². The summed E-state index contributed by atoms with van der Waals surface area (Å²) in [6.45, 7) is 0. The van der Waals surface area contributed by atoms with Crippen molar-refractivity contribution >= 4 is 31.8 Å². The summed E-state index contributed by atoms with van der Waals surface area (Å²) in [6, 6.07) is 3.39. The first-order chi connectivity index (χ1) is 14.3. The predicted octanol–water partition coefficient (Wildman–Crippen LogP) is 1.34. The van der Waals surface area contributed by atoms with Crippen LogP contribution in [0.4, 0.5) is 23.9 Å². The maximum atomic E-state index is 12.6. The van der Waals surface area contributed by atoms with E-state index < -0.39 is 53.6 Å². The zero-order valence-corrected chi connectivity index (χ0v) is 17.4. The third-order valence-corrected chi connectivity index (χ3v) is 6.63. The first kappa shape index (κ1) is 24.1. The van der Waals surface area contributed by atoms with Crippen molar-refractivity contribution in [3.05, 3.63) is 30.3 Å². The largest absolute Gasteiger partial charge is 0.481 e. The Labute approximate surface area is 174 Å². The molecular weight excluding hydrogens is 469 g/mol. The number of methoxy groups -OCH3 is 2. The molecule has 0 aliphatic rings. The summed E-state index contributed by atoms with van der Waals surface area (Å²) in [7, 11) is -7.47. The van der Waals surface area contributed by atoms with Gasteiger partial charge < -0.3 is 9.47 Å². The van der Waals surface area contributed by atoms with E-state index in [1.807, 2.05) is 5.32 Å². The molecule has 0 saturated carbocycles. The molecule has 0 aliphatic carbocycles. The van der Waals surface area contributed by atoms with Crippen LogP contribution in [0.5, 0.6) is 11.8 Å². The van der Waals surface area contributed by atoms with Crippen LogP contribution in [0.25, 0.3) is 0 Å². The number of benzene rings is 1. The number of amides is 2. The third kappa shape index (κ3) is 6.42. The zero-order valence-electron chi connectivity index (χ0n) is 15.8. The van der Waals surface area contributed by atoms with Crippen molar-refractivity contribution in [2.75, 3.05) is 25.3 Å². The first-order valence-electron chi connectivity index (χ1n) is 7.97. The van der Waals surface area contributed by atoms with Gasteiger partial charge in [-0.25, -0.2) is 26.4 Å². The molecule has 1 aromatic carbocycles. The van der Waals surface area contributed by atoms with Gasteiger partial charge in [0.1, 0.15) is 4.90 Å². The Morgan fingerprint density at radius 2 is 1.52 bits per heavy atom. The van der Waals surface area contributed by atoms with E-state index in [1.165, 1.54) is 25.0 Å². The van der Waals surface area contributed by atoms with Gasteiger partial charge in [-0.15, -0.1) is 0 Å². The van der Waals surface area contributed by atoms with Gasteiger partial charge in [0, 0.05) is 0 Å². The molecule has 0 aliphatic heterocycles. The molecule has 0 radical (unpaired) electrons. The molecule has 0 unspecified atom stereocenters. The highest BCUT2D eigenvalue weighted by Crippen LogP contribution is 2.27. The van der Waals surface area contributed by atoms with Crippen molar-refractivity contribution in [1.29, 1.82) is 0 Å². The number of urea groups is 1. The van der Waals surface area contributed by atoms with Crippen LogP contribution >= 0.6 is 0 Å². The maximum Gasteiger partial charge on any atom is 0.403 e. The van der Waals surface area contributed by atoms with Gasteiger partial charge in [-0.3, -0.25) is 5.32 Å². The first-order valence-corrected chi connectivity index (χ1v) is 11.1. The second-order valence-electron chi connectivity index (χ2n) is 5.66. The Bertz CT molecular complexity index is 1160. The molecule has 2 aromatic rings. The number of anilines is 1. The van der Waals surface area contributed by atoms with E-state index >= 15 is 0 Å². The molecule has 2 rings (SSSR count).